The number of fused-ring (bicyclic) bond motifs is 1. The Kier molecular flexibility index (Phi) is 6.05. The van der Waals surface area contributed by atoms with Crippen molar-refractivity contribution in [3.05, 3.63) is 97.8 Å². The molecule has 0 radical (unpaired) electrons. The summed E-state index contributed by atoms with van der Waals surface area (Å²) in [6.45, 7) is 0.849. The van der Waals surface area contributed by atoms with E-state index in [0.29, 0.717) is 21.5 Å². The zero-order valence-electron chi connectivity index (χ0n) is 17.2. The highest BCUT2D eigenvalue weighted by Crippen LogP contribution is 2.38. The minimum Gasteiger partial charge on any atom is -0.506 e. The molecule has 4 aromatic rings. The van der Waals surface area contributed by atoms with Crippen LogP contribution in [0.4, 0.5) is 0 Å². The second kappa shape index (κ2) is 8.75. The Labute approximate surface area is 190 Å². The molecule has 1 aromatic heterocycles. The Morgan fingerprint density at radius 2 is 1.71 bits per heavy atom. The van der Waals surface area contributed by atoms with Crippen LogP contribution in [0.2, 0.25) is 10.0 Å². The molecule has 0 aliphatic rings. The van der Waals surface area contributed by atoms with Gasteiger partial charge in [0.2, 0.25) is 0 Å². The molecule has 1 heterocycles. The van der Waals surface area contributed by atoms with E-state index in [4.69, 9.17) is 23.2 Å². The van der Waals surface area contributed by atoms with Crippen LogP contribution in [0.15, 0.2) is 65.5 Å². The van der Waals surface area contributed by atoms with Crippen molar-refractivity contribution in [2.24, 2.45) is 0 Å². The number of hydrogen-bond donors (Lipinski definition) is 2. The monoisotopic (exact) mass is 452 g/mol. The molecule has 0 bridgehead atoms. The molecule has 31 heavy (non-hydrogen) atoms. The molecular weight excluding hydrogens is 431 g/mol. The van der Waals surface area contributed by atoms with Crippen molar-refractivity contribution in [3.8, 4) is 16.9 Å². The van der Waals surface area contributed by atoms with Crippen LogP contribution in [-0.2, 0) is 13.0 Å². The first-order valence-electron chi connectivity index (χ1n) is 9.88. The number of rotatable bonds is 5. The van der Waals surface area contributed by atoms with Crippen LogP contribution >= 0.6 is 23.2 Å². The van der Waals surface area contributed by atoms with Crippen molar-refractivity contribution in [1.29, 1.82) is 0 Å². The number of nitrogens with zero attached hydrogens (tertiary/aromatic N) is 1. The highest BCUT2D eigenvalue weighted by molar-refractivity contribution is 6.39. The third-order valence-corrected chi connectivity index (χ3v) is 5.74. The van der Waals surface area contributed by atoms with Gasteiger partial charge in [0.15, 0.2) is 0 Å². The topological polar surface area (TPSA) is 56.3 Å². The fourth-order valence-corrected chi connectivity index (χ4v) is 4.46. The lowest BCUT2D eigenvalue weighted by molar-refractivity contribution is 0.401. The van der Waals surface area contributed by atoms with Crippen LogP contribution in [0.3, 0.4) is 0 Å². The number of benzene rings is 3. The van der Waals surface area contributed by atoms with Gasteiger partial charge in [-0.25, -0.2) is 0 Å². The van der Waals surface area contributed by atoms with E-state index < -0.39 is 5.56 Å². The molecule has 6 heteroatoms. The normalized spacial score (nSPS) is 11.4. The van der Waals surface area contributed by atoms with Crippen molar-refractivity contribution in [1.82, 2.24) is 9.88 Å². The second-order valence-corrected chi connectivity index (χ2v) is 8.72. The molecule has 0 aliphatic carbocycles. The van der Waals surface area contributed by atoms with E-state index in [-0.39, 0.29) is 16.3 Å². The fraction of sp³-hybridized carbons (Fsp3) is 0.160. The van der Waals surface area contributed by atoms with E-state index in [1.54, 1.807) is 12.1 Å². The van der Waals surface area contributed by atoms with Gasteiger partial charge in [0.25, 0.3) is 5.56 Å². The third kappa shape index (κ3) is 4.47. The first kappa shape index (κ1) is 21.4. The highest BCUT2D eigenvalue weighted by atomic mass is 35.5. The summed E-state index contributed by atoms with van der Waals surface area (Å²) in [6, 6.07) is 19.1. The van der Waals surface area contributed by atoms with Gasteiger partial charge in [-0.3, -0.25) is 4.79 Å². The SMILES string of the molecule is CN(C)Cc1ccccc1Cc1cccc(-c2c(O)c3c(Cl)cc(Cl)cc3[nH]c2=O)c1. The maximum absolute atomic E-state index is 12.8. The summed E-state index contributed by atoms with van der Waals surface area (Å²) in [5, 5.41) is 12.0. The summed E-state index contributed by atoms with van der Waals surface area (Å²) in [4.78, 5) is 17.7. The summed E-state index contributed by atoms with van der Waals surface area (Å²) in [7, 11) is 4.09. The van der Waals surface area contributed by atoms with Gasteiger partial charge in [-0.15, -0.1) is 0 Å². The van der Waals surface area contributed by atoms with Crippen molar-refractivity contribution in [3.63, 3.8) is 0 Å². The summed E-state index contributed by atoms with van der Waals surface area (Å²) < 4.78 is 0. The Bertz CT molecular complexity index is 1330. The lowest BCUT2D eigenvalue weighted by Crippen LogP contribution is -2.12. The van der Waals surface area contributed by atoms with Crippen molar-refractivity contribution < 1.29 is 5.11 Å². The predicted molar refractivity (Wildman–Crippen MR) is 128 cm³/mol. The van der Waals surface area contributed by atoms with Crippen LogP contribution in [0, 0.1) is 0 Å². The molecule has 158 valence electrons. The number of H-pyrrole nitrogens is 1. The number of nitrogens with one attached hydrogen (secondary N) is 1. The van der Waals surface area contributed by atoms with E-state index in [0.717, 1.165) is 18.5 Å². The Morgan fingerprint density at radius 3 is 2.45 bits per heavy atom. The van der Waals surface area contributed by atoms with Crippen molar-refractivity contribution in [2.45, 2.75) is 13.0 Å². The lowest BCUT2D eigenvalue weighted by Gasteiger charge is -2.15. The van der Waals surface area contributed by atoms with Crippen LogP contribution < -0.4 is 5.56 Å². The predicted octanol–water partition coefficient (Wildman–Crippen LogP) is 5.86. The minimum absolute atomic E-state index is 0.148. The summed E-state index contributed by atoms with van der Waals surface area (Å²) in [5.41, 5.74) is 4.36. The summed E-state index contributed by atoms with van der Waals surface area (Å²) in [6.07, 6.45) is 0.723. The Morgan fingerprint density at radius 1 is 0.968 bits per heavy atom. The Balaban J connectivity index is 1.78. The average Bonchev–Trinajstić information content (AvgIpc) is 2.68. The zero-order chi connectivity index (χ0) is 22.1. The maximum atomic E-state index is 12.8. The van der Waals surface area contributed by atoms with Crippen molar-refractivity contribution >= 4 is 34.1 Å². The molecule has 0 fully saturated rings. The van der Waals surface area contributed by atoms with E-state index in [1.165, 1.54) is 11.1 Å². The van der Waals surface area contributed by atoms with Gasteiger partial charge in [-0.1, -0.05) is 71.7 Å². The lowest BCUT2D eigenvalue weighted by atomic mass is 9.96. The molecule has 0 spiro atoms. The number of aromatic nitrogens is 1. The van der Waals surface area contributed by atoms with Gasteiger partial charge >= 0.3 is 0 Å². The van der Waals surface area contributed by atoms with E-state index in [1.807, 2.05) is 50.5 Å². The van der Waals surface area contributed by atoms with Gasteiger partial charge in [-0.05, 0) is 54.9 Å². The molecular formula is C25H22Cl2N2O2. The van der Waals surface area contributed by atoms with Crippen LogP contribution in [0.5, 0.6) is 5.75 Å². The highest BCUT2D eigenvalue weighted by Gasteiger charge is 2.17. The molecule has 2 N–H and O–H groups in total. The zero-order valence-corrected chi connectivity index (χ0v) is 18.8. The molecule has 0 saturated carbocycles. The van der Waals surface area contributed by atoms with Gasteiger partial charge in [0.05, 0.1) is 21.5 Å². The molecule has 0 unspecified atom stereocenters. The van der Waals surface area contributed by atoms with Gasteiger partial charge in [-0.2, -0.15) is 0 Å². The van der Waals surface area contributed by atoms with Gasteiger partial charge in [0.1, 0.15) is 5.75 Å². The first-order valence-corrected chi connectivity index (χ1v) is 10.6. The molecule has 0 aliphatic heterocycles. The van der Waals surface area contributed by atoms with E-state index in [9.17, 15) is 9.90 Å². The first-order chi connectivity index (χ1) is 14.8. The molecule has 0 saturated heterocycles. The van der Waals surface area contributed by atoms with Gasteiger partial charge < -0.3 is 15.0 Å². The third-order valence-electron chi connectivity index (χ3n) is 5.22. The number of hydrogen-bond acceptors (Lipinski definition) is 3. The Hall–Kier alpha value is -2.79. The quantitative estimate of drug-likeness (QED) is 0.398. The summed E-state index contributed by atoms with van der Waals surface area (Å²) >= 11 is 12.3. The van der Waals surface area contributed by atoms with Crippen molar-refractivity contribution in [2.75, 3.05) is 14.1 Å². The minimum atomic E-state index is -0.395. The molecule has 0 amide bonds. The molecule has 0 atom stereocenters. The number of pyridine rings is 1. The molecule has 4 rings (SSSR count). The number of aromatic amines is 1. The summed E-state index contributed by atoms with van der Waals surface area (Å²) in [5.74, 6) is -0.148. The van der Waals surface area contributed by atoms with Gasteiger partial charge in [0, 0.05) is 11.6 Å². The van der Waals surface area contributed by atoms with Crippen LogP contribution in [0.1, 0.15) is 16.7 Å². The number of halogens is 2. The number of aromatic hydroxyl groups is 1. The standard InChI is InChI=1S/C25H22Cl2N2O2/c1-29(2)14-18-8-4-3-7-16(18)10-15-6-5-9-17(11-15)22-24(30)23-20(27)12-19(26)13-21(23)28-25(22)31/h3-9,11-13H,10,14H2,1-2H3,(H2,28,30,31). The van der Waals surface area contributed by atoms with E-state index >= 15 is 0 Å². The average molecular weight is 453 g/mol. The maximum Gasteiger partial charge on any atom is 0.260 e. The fourth-order valence-electron chi connectivity index (χ4n) is 3.88. The van der Waals surface area contributed by atoms with Crippen LogP contribution in [0.25, 0.3) is 22.0 Å². The smallest absolute Gasteiger partial charge is 0.260 e. The second-order valence-electron chi connectivity index (χ2n) is 7.87. The van der Waals surface area contributed by atoms with Crippen LogP contribution in [-0.4, -0.2) is 29.1 Å². The largest absolute Gasteiger partial charge is 0.506 e. The molecule has 3 aromatic carbocycles. The molecule has 4 nitrogen and oxygen atoms in total. The van der Waals surface area contributed by atoms with E-state index in [2.05, 4.69) is 22.0 Å².